The zero-order chi connectivity index (χ0) is 13.9. The van der Waals surface area contributed by atoms with Gasteiger partial charge in [0.2, 0.25) is 11.8 Å². The van der Waals surface area contributed by atoms with Gasteiger partial charge in [-0.05, 0) is 13.8 Å². The molecule has 1 aromatic rings. The lowest BCUT2D eigenvalue weighted by atomic mass is 10.1. The van der Waals surface area contributed by atoms with Crippen molar-refractivity contribution in [1.29, 1.82) is 0 Å². The van der Waals surface area contributed by atoms with Crippen LogP contribution in [0.4, 0.5) is 5.95 Å². The van der Waals surface area contributed by atoms with Crippen molar-refractivity contribution in [2.24, 2.45) is 0 Å². The average molecular weight is 266 g/mol. The third kappa shape index (κ3) is 4.04. The van der Waals surface area contributed by atoms with E-state index in [4.69, 9.17) is 4.74 Å². The number of β-amino-alcohol motifs (C(OH)–C–C–N with tert-alkyl or cyclic N) is 1. The summed E-state index contributed by atoms with van der Waals surface area (Å²) < 4.78 is 5.11. The third-order valence-electron chi connectivity index (χ3n) is 3.09. The molecule has 0 aliphatic carbocycles. The van der Waals surface area contributed by atoms with Gasteiger partial charge < -0.3 is 14.7 Å². The molecule has 1 aliphatic heterocycles. The maximum atomic E-state index is 9.82. The summed E-state index contributed by atoms with van der Waals surface area (Å²) in [5, 5.41) is 9.82. The van der Waals surface area contributed by atoms with E-state index in [1.54, 1.807) is 19.4 Å². The van der Waals surface area contributed by atoms with Gasteiger partial charge in [-0.15, -0.1) is 0 Å². The second-order valence-corrected chi connectivity index (χ2v) is 5.47. The Morgan fingerprint density at radius 1 is 1.32 bits per heavy atom. The Balaban J connectivity index is 1.92. The van der Waals surface area contributed by atoms with Gasteiger partial charge in [0.25, 0.3) is 0 Å². The van der Waals surface area contributed by atoms with Crippen molar-refractivity contribution < 1.29 is 9.84 Å². The maximum Gasteiger partial charge on any atom is 0.228 e. The van der Waals surface area contributed by atoms with Gasteiger partial charge in [0, 0.05) is 45.0 Å². The quantitative estimate of drug-likeness (QED) is 0.850. The number of nitrogens with zero attached hydrogens (tertiary/aromatic N) is 4. The van der Waals surface area contributed by atoms with E-state index in [0.717, 1.165) is 26.2 Å². The number of aromatic nitrogens is 2. The van der Waals surface area contributed by atoms with Crippen LogP contribution in [0.1, 0.15) is 13.8 Å². The van der Waals surface area contributed by atoms with Crippen molar-refractivity contribution in [3.05, 3.63) is 12.3 Å². The Kier molecular flexibility index (Phi) is 4.21. The number of piperazine rings is 1. The summed E-state index contributed by atoms with van der Waals surface area (Å²) in [6.45, 7) is 7.91. The van der Waals surface area contributed by atoms with E-state index >= 15 is 0 Å². The lowest BCUT2D eigenvalue weighted by molar-refractivity contribution is 0.0344. The monoisotopic (exact) mass is 266 g/mol. The number of anilines is 1. The van der Waals surface area contributed by atoms with E-state index in [1.165, 1.54) is 0 Å². The number of rotatable bonds is 4. The maximum absolute atomic E-state index is 9.82. The SMILES string of the molecule is COc1ccnc(N2CCN(CC(C)(C)O)CC2)n1. The molecule has 0 spiro atoms. The Labute approximate surface area is 114 Å². The minimum absolute atomic E-state index is 0.587. The molecule has 19 heavy (non-hydrogen) atoms. The van der Waals surface area contributed by atoms with Gasteiger partial charge in [0.1, 0.15) is 0 Å². The highest BCUT2D eigenvalue weighted by atomic mass is 16.5. The Morgan fingerprint density at radius 2 is 2.00 bits per heavy atom. The molecule has 1 N–H and O–H groups in total. The normalized spacial score (nSPS) is 17.6. The van der Waals surface area contributed by atoms with E-state index in [-0.39, 0.29) is 0 Å². The number of methoxy groups -OCH3 is 1. The van der Waals surface area contributed by atoms with Crippen LogP contribution in [0.2, 0.25) is 0 Å². The molecule has 0 unspecified atom stereocenters. The van der Waals surface area contributed by atoms with Crippen molar-refractivity contribution in [3.8, 4) is 5.88 Å². The van der Waals surface area contributed by atoms with Crippen molar-refractivity contribution in [2.45, 2.75) is 19.4 Å². The van der Waals surface area contributed by atoms with E-state index < -0.39 is 5.60 Å². The fraction of sp³-hybridized carbons (Fsp3) is 0.692. The zero-order valence-electron chi connectivity index (χ0n) is 11.8. The van der Waals surface area contributed by atoms with Crippen LogP contribution >= 0.6 is 0 Å². The first-order valence-electron chi connectivity index (χ1n) is 6.55. The van der Waals surface area contributed by atoms with Gasteiger partial charge in [-0.3, -0.25) is 4.90 Å². The highest BCUT2D eigenvalue weighted by Gasteiger charge is 2.23. The predicted octanol–water partition coefficient (Wildman–Crippen LogP) is 0.378. The van der Waals surface area contributed by atoms with Crippen molar-refractivity contribution in [2.75, 3.05) is 44.7 Å². The summed E-state index contributed by atoms with van der Waals surface area (Å²) in [5.41, 5.74) is -0.644. The Hall–Kier alpha value is -1.40. The molecule has 6 heteroatoms. The average Bonchev–Trinajstić information content (AvgIpc) is 2.38. The Bertz CT molecular complexity index is 411. The van der Waals surface area contributed by atoms with E-state index in [9.17, 15) is 5.11 Å². The lowest BCUT2D eigenvalue weighted by Gasteiger charge is -2.37. The highest BCUT2D eigenvalue weighted by molar-refractivity contribution is 5.32. The molecule has 2 heterocycles. The second kappa shape index (κ2) is 5.71. The lowest BCUT2D eigenvalue weighted by Crippen LogP contribution is -2.50. The molecule has 0 amide bonds. The van der Waals surface area contributed by atoms with Crippen molar-refractivity contribution in [3.63, 3.8) is 0 Å². The molecule has 1 aliphatic rings. The summed E-state index contributed by atoms with van der Waals surface area (Å²) in [4.78, 5) is 13.0. The summed E-state index contributed by atoms with van der Waals surface area (Å²) in [6, 6.07) is 1.74. The second-order valence-electron chi connectivity index (χ2n) is 5.47. The number of ether oxygens (including phenoxy) is 1. The van der Waals surface area contributed by atoms with Crippen molar-refractivity contribution >= 4 is 5.95 Å². The smallest absolute Gasteiger partial charge is 0.228 e. The van der Waals surface area contributed by atoms with Gasteiger partial charge in [0.15, 0.2) is 0 Å². The van der Waals surface area contributed by atoms with E-state index in [1.807, 2.05) is 13.8 Å². The molecule has 0 bridgehead atoms. The molecule has 2 rings (SSSR count). The van der Waals surface area contributed by atoms with E-state index in [0.29, 0.717) is 18.4 Å². The Morgan fingerprint density at radius 3 is 2.58 bits per heavy atom. The van der Waals surface area contributed by atoms with Crippen LogP contribution in [0, 0.1) is 0 Å². The van der Waals surface area contributed by atoms with Crippen LogP contribution in [0.3, 0.4) is 0 Å². The molecule has 106 valence electrons. The summed E-state index contributed by atoms with van der Waals surface area (Å²) >= 11 is 0. The van der Waals surface area contributed by atoms with Crippen LogP contribution in [-0.2, 0) is 0 Å². The number of hydrogen-bond donors (Lipinski definition) is 1. The summed E-state index contributed by atoms with van der Waals surface area (Å²) in [5.74, 6) is 1.30. The van der Waals surface area contributed by atoms with Crippen LogP contribution in [0.25, 0.3) is 0 Å². The van der Waals surface area contributed by atoms with Gasteiger partial charge >= 0.3 is 0 Å². The molecule has 1 fully saturated rings. The molecule has 0 saturated carbocycles. The molecule has 0 aromatic carbocycles. The van der Waals surface area contributed by atoms with Gasteiger partial charge in [-0.25, -0.2) is 4.98 Å². The largest absolute Gasteiger partial charge is 0.481 e. The standard InChI is InChI=1S/C13H22N4O2/c1-13(2,18)10-16-6-8-17(9-7-16)12-14-5-4-11(15-12)19-3/h4-5,18H,6-10H2,1-3H3. The molecular formula is C13H22N4O2. The fourth-order valence-corrected chi connectivity index (χ4v) is 2.25. The minimum atomic E-state index is -0.644. The first kappa shape index (κ1) is 14.0. The van der Waals surface area contributed by atoms with Crippen molar-refractivity contribution in [1.82, 2.24) is 14.9 Å². The zero-order valence-corrected chi connectivity index (χ0v) is 11.8. The molecule has 1 saturated heterocycles. The molecular weight excluding hydrogens is 244 g/mol. The van der Waals surface area contributed by atoms with Crippen LogP contribution in [-0.4, -0.2) is 65.4 Å². The molecule has 0 atom stereocenters. The topological polar surface area (TPSA) is 61.7 Å². The molecule has 1 aromatic heterocycles. The third-order valence-corrected chi connectivity index (χ3v) is 3.09. The van der Waals surface area contributed by atoms with Gasteiger partial charge in [-0.1, -0.05) is 0 Å². The summed E-state index contributed by atoms with van der Waals surface area (Å²) in [6.07, 6.45) is 1.71. The first-order valence-corrected chi connectivity index (χ1v) is 6.55. The predicted molar refractivity (Wildman–Crippen MR) is 73.5 cm³/mol. The summed E-state index contributed by atoms with van der Waals surface area (Å²) in [7, 11) is 1.60. The minimum Gasteiger partial charge on any atom is -0.481 e. The van der Waals surface area contributed by atoms with Gasteiger partial charge in [-0.2, -0.15) is 4.98 Å². The number of hydrogen-bond acceptors (Lipinski definition) is 6. The number of aliphatic hydroxyl groups is 1. The van der Waals surface area contributed by atoms with Crippen LogP contribution < -0.4 is 9.64 Å². The van der Waals surface area contributed by atoms with Gasteiger partial charge in [0.05, 0.1) is 12.7 Å². The van der Waals surface area contributed by atoms with Crippen LogP contribution in [0.15, 0.2) is 12.3 Å². The van der Waals surface area contributed by atoms with E-state index in [2.05, 4.69) is 19.8 Å². The fourth-order valence-electron chi connectivity index (χ4n) is 2.25. The highest BCUT2D eigenvalue weighted by Crippen LogP contribution is 2.15. The van der Waals surface area contributed by atoms with Crippen LogP contribution in [0.5, 0.6) is 5.88 Å². The first-order chi connectivity index (χ1) is 8.98. The molecule has 0 radical (unpaired) electrons. The molecule has 6 nitrogen and oxygen atoms in total.